The fraction of sp³-hybridized carbons (Fsp3) is 0.143. The number of nitrogens with one attached hydrogen (secondary N) is 1. The number of carbonyl (C=O) groups is 1. The Labute approximate surface area is 101 Å². The number of hydrogen-bond acceptors (Lipinski definition) is 2. The van der Waals surface area contributed by atoms with Crippen LogP contribution < -0.4 is 11.2 Å². The van der Waals surface area contributed by atoms with Crippen molar-refractivity contribution in [2.75, 3.05) is 0 Å². The summed E-state index contributed by atoms with van der Waals surface area (Å²) < 4.78 is 2.28. The Bertz CT molecular complexity index is 363. The second-order valence-corrected chi connectivity index (χ2v) is 3.24. The lowest BCUT2D eigenvalue weighted by molar-refractivity contribution is -0.118. The van der Waals surface area contributed by atoms with Gasteiger partial charge in [-0.15, -0.1) is 24.0 Å². The summed E-state index contributed by atoms with van der Waals surface area (Å²) in [5, 5.41) is 7.40. The quantitative estimate of drug-likeness (QED) is 0.756. The third kappa shape index (κ3) is 3.90. The number of carbonyl (C=O) groups excluding carboxylic acids is 1. The van der Waals surface area contributed by atoms with Gasteiger partial charge in [0.05, 0.1) is 0 Å². The molecule has 1 heterocycles. The van der Waals surface area contributed by atoms with Gasteiger partial charge in [-0.3, -0.25) is 10.2 Å². The molecule has 0 radical (unpaired) electrons. The van der Waals surface area contributed by atoms with E-state index in [-0.39, 0.29) is 36.0 Å². The van der Waals surface area contributed by atoms with Crippen molar-refractivity contribution >= 4 is 45.8 Å². The smallest absolute Gasteiger partial charge is 0.237 e. The summed E-state index contributed by atoms with van der Waals surface area (Å²) in [6.45, 7) is 0.0400. The monoisotopic (exact) mass is 357 g/mol. The SMILES string of the molecule is I.N=c1ccc(Br)cn1CC(N)=O. The minimum absolute atomic E-state index is 0. The van der Waals surface area contributed by atoms with Gasteiger partial charge in [0, 0.05) is 10.7 Å². The first-order valence-electron chi connectivity index (χ1n) is 3.28. The Kier molecular flexibility index (Phi) is 5.23. The van der Waals surface area contributed by atoms with E-state index < -0.39 is 5.91 Å². The van der Waals surface area contributed by atoms with Crippen LogP contribution in [0.1, 0.15) is 0 Å². The van der Waals surface area contributed by atoms with Crippen LogP contribution in [0.3, 0.4) is 0 Å². The van der Waals surface area contributed by atoms with Crippen molar-refractivity contribution < 1.29 is 4.79 Å². The Morgan fingerprint density at radius 3 is 2.77 bits per heavy atom. The Hall–Kier alpha value is -0.370. The number of hydrogen-bond donors (Lipinski definition) is 2. The molecule has 4 nitrogen and oxygen atoms in total. The number of nitrogens with zero attached hydrogens (tertiary/aromatic N) is 1. The minimum Gasteiger partial charge on any atom is -0.368 e. The summed E-state index contributed by atoms with van der Waals surface area (Å²) >= 11 is 3.23. The summed E-state index contributed by atoms with van der Waals surface area (Å²) in [6, 6.07) is 3.33. The van der Waals surface area contributed by atoms with Gasteiger partial charge in [0.15, 0.2) is 0 Å². The molecule has 1 rings (SSSR count). The molecule has 1 amide bonds. The molecule has 3 N–H and O–H groups in total. The predicted molar refractivity (Wildman–Crippen MR) is 62.6 cm³/mol. The molecular formula is C7H9BrIN3O. The van der Waals surface area contributed by atoms with Crippen molar-refractivity contribution in [3.8, 4) is 0 Å². The van der Waals surface area contributed by atoms with E-state index in [0.717, 1.165) is 4.47 Å². The van der Waals surface area contributed by atoms with Crippen LogP contribution in [-0.2, 0) is 11.3 Å². The van der Waals surface area contributed by atoms with E-state index >= 15 is 0 Å². The number of amides is 1. The van der Waals surface area contributed by atoms with Gasteiger partial charge in [-0.25, -0.2) is 0 Å². The molecule has 0 aromatic carbocycles. The third-order valence-corrected chi connectivity index (χ3v) is 1.78. The molecule has 13 heavy (non-hydrogen) atoms. The molecule has 6 heteroatoms. The minimum atomic E-state index is -0.452. The number of nitrogens with two attached hydrogens (primary N) is 1. The zero-order valence-electron chi connectivity index (χ0n) is 6.66. The molecule has 1 aromatic heterocycles. The van der Waals surface area contributed by atoms with Crippen LogP contribution in [-0.4, -0.2) is 10.5 Å². The number of aromatic nitrogens is 1. The van der Waals surface area contributed by atoms with E-state index in [2.05, 4.69) is 15.9 Å². The molecule has 0 fully saturated rings. The van der Waals surface area contributed by atoms with Crippen LogP contribution in [0.4, 0.5) is 0 Å². The molecule has 0 unspecified atom stereocenters. The summed E-state index contributed by atoms with van der Waals surface area (Å²) in [5.41, 5.74) is 5.25. The number of primary amides is 1. The third-order valence-electron chi connectivity index (χ3n) is 1.32. The Morgan fingerprint density at radius 2 is 2.23 bits per heavy atom. The van der Waals surface area contributed by atoms with Crippen molar-refractivity contribution in [2.24, 2.45) is 5.73 Å². The van der Waals surface area contributed by atoms with Crippen molar-refractivity contribution in [2.45, 2.75) is 6.54 Å². The maximum absolute atomic E-state index is 10.5. The molecule has 1 aromatic rings. The van der Waals surface area contributed by atoms with Gasteiger partial charge in [0.25, 0.3) is 0 Å². The van der Waals surface area contributed by atoms with Crippen molar-refractivity contribution in [1.29, 1.82) is 5.41 Å². The van der Waals surface area contributed by atoms with Crippen LogP contribution in [0.5, 0.6) is 0 Å². The maximum atomic E-state index is 10.5. The number of pyridine rings is 1. The van der Waals surface area contributed by atoms with Gasteiger partial charge < -0.3 is 10.3 Å². The molecular weight excluding hydrogens is 349 g/mol. The van der Waals surface area contributed by atoms with Crippen molar-refractivity contribution in [1.82, 2.24) is 4.57 Å². The average Bonchev–Trinajstić information content (AvgIpc) is 1.96. The second-order valence-electron chi connectivity index (χ2n) is 2.33. The van der Waals surface area contributed by atoms with Gasteiger partial charge >= 0.3 is 0 Å². The van der Waals surface area contributed by atoms with Gasteiger partial charge in [-0.05, 0) is 28.1 Å². The molecule has 0 aliphatic heterocycles. The fourth-order valence-electron chi connectivity index (χ4n) is 0.814. The molecule has 0 aliphatic carbocycles. The van der Waals surface area contributed by atoms with E-state index in [0.29, 0.717) is 0 Å². The van der Waals surface area contributed by atoms with E-state index in [9.17, 15) is 4.79 Å². The first-order valence-corrected chi connectivity index (χ1v) is 4.08. The van der Waals surface area contributed by atoms with Crippen molar-refractivity contribution in [3.05, 3.63) is 28.3 Å². The van der Waals surface area contributed by atoms with Crippen LogP contribution in [0.25, 0.3) is 0 Å². The van der Waals surface area contributed by atoms with Crippen LogP contribution in [0, 0.1) is 5.41 Å². The molecule has 0 aliphatic rings. The highest BCUT2D eigenvalue weighted by Crippen LogP contribution is 2.04. The number of halogens is 2. The lowest BCUT2D eigenvalue weighted by Gasteiger charge is -2.03. The summed E-state index contributed by atoms with van der Waals surface area (Å²) in [6.07, 6.45) is 1.65. The highest BCUT2D eigenvalue weighted by atomic mass is 127. The maximum Gasteiger partial charge on any atom is 0.237 e. The summed E-state index contributed by atoms with van der Waals surface area (Å²) in [5.74, 6) is -0.452. The van der Waals surface area contributed by atoms with Crippen molar-refractivity contribution in [3.63, 3.8) is 0 Å². The standard InChI is InChI=1S/C7H8BrN3O.HI/c8-5-1-2-6(9)11(3-5)4-7(10)12;/h1-3,9H,4H2,(H2,10,12);1H. The zero-order chi connectivity index (χ0) is 9.14. The molecule has 0 spiro atoms. The first kappa shape index (κ1) is 12.6. The lowest BCUT2D eigenvalue weighted by Crippen LogP contribution is -2.27. The largest absolute Gasteiger partial charge is 0.368 e. The zero-order valence-corrected chi connectivity index (χ0v) is 10.6. The molecule has 0 atom stereocenters. The summed E-state index contributed by atoms with van der Waals surface area (Å²) in [4.78, 5) is 10.5. The molecule has 0 bridgehead atoms. The molecule has 72 valence electrons. The van der Waals surface area contributed by atoms with Gasteiger partial charge in [-0.2, -0.15) is 0 Å². The predicted octanol–water partition coefficient (Wildman–Crippen LogP) is 0.833. The lowest BCUT2D eigenvalue weighted by atomic mass is 10.4. The topological polar surface area (TPSA) is 71.9 Å². The Balaban J connectivity index is 0.00000144. The van der Waals surface area contributed by atoms with E-state index in [1.807, 2.05) is 0 Å². The van der Waals surface area contributed by atoms with Gasteiger partial charge in [0.2, 0.25) is 5.91 Å². The van der Waals surface area contributed by atoms with Crippen LogP contribution in [0.15, 0.2) is 22.8 Å². The highest BCUT2D eigenvalue weighted by molar-refractivity contribution is 14.0. The Morgan fingerprint density at radius 1 is 1.62 bits per heavy atom. The average molecular weight is 358 g/mol. The van der Waals surface area contributed by atoms with Crippen LogP contribution in [0.2, 0.25) is 0 Å². The first-order chi connectivity index (χ1) is 5.59. The number of rotatable bonds is 2. The molecule has 0 saturated carbocycles. The summed E-state index contributed by atoms with van der Waals surface area (Å²) in [7, 11) is 0. The van der Waals surface area contributed by atoms with E-state index in [1.54, 1.807) is 18.3 Å². The second kappa shape index (κ2) is 5.38. The fourth-order valence-corrected chi connectivity index (χ4v) is 1.19. The van der Waals surface area contributed by atoms with E-state index in [1.165, 1.54) is 4.57 Å². The van der Waals surface area contributed by atoms with Gasteiger partial charge in [0.1, 0.15) is 12.0 Å². The van der Waals surface area contributed by atoms with Gasteiger partial charge in [-0.1, -0.05) is 0 Å². The highest BCUT2D eigenvalue weighted by Gasteiger charge is 1.97. The molecule has 0 saturated heterocycles. The normalized spacial score (nSPS) is 9.00. The van der Waals surface area contributed by atoms with E-state index in [4.69, 9.17) is 11.1 Å². The van der Waals surface area contributed by atoms with Crippen LogP contribution >= 0.6 is 39.9 Å².